The van der Waals surface area contributed by atoms with Crippen LogP contribution in [0.25, 0.3) is 21.9 Å². The van der Waals surface area contributed by atoms with E-state index in [1.165, 1.54) is 4.85 Å². The number of aromatic amines is 1. The van der Waals surface area contributed by atoms with Crippen LogP contribution >= 0.6 is 0 Å². The van der Waals surface area contributed by atoms with Crippen molar-refractivity contribution in [2.24, 2.45) is 5.84 Å². The second-order valence-electron chi connectivity index (χ2n) is 5.29. The Morgan fingerprint density at radius 1 is 1.12 bits per heavy atom. The lowest BCUT2D eigenvalue weighted by Gasteiger charge is -2.02. The lowest BCUT2D eigenvalue weighted by Crippen LogP contribution is -2.36. The number of nitrogens with zero attached hydrogens (tertiary/aromatic N) is 4. The Morgan fingerprint density at radius 2 is 1.83 bits per heavy atom. The van der Waals surface area contributed by atoms with E-state index in [-0.39, 0.29) is 0 Å². The summed E-state index contributed by atoms with van der Waals surface area (Å²) in [5.41, 5.74) is 5.03. The molecule has 0 saturated carbocycles. The molecule has 0 bridgehead atoms. The van der Waals surface area contributed by atoms with Crippen molar-refractivity contribution in [1.29, 1.82) is 0 Å². The van der Waals surface area contributed by atoms with E-state index in [1.807, 2.05) is 68.7 Å². The molecule has 8 heteroatoms. The Hall–Kier alpha value is -2.94. The lowest BCUT2D eigenvalue weighted by molar-refractivity contribution is 0.177. The molecule has 0 radical (unpaired) electrons. The summed E-state index contributed by atoms with van der Waals surface area (Å²) in [7, 11) is 3.64. The van der Waals surface area contributed by atoms with Crippen molar-refractivity contribution in [3.63, 3.8) is 0 Å². The first-order chi connectivity index (χ1) is 11.7. The summed E-state index contributed by atoms with van der Waals surface area (Å²) in [6, 6.07) is 17.6. The number of aromatic nitrogens is 4. The van der Waals surface area contributed by atoms with Crippen LogP contribution in [0.5, 0.6) is 5.88 Å². The maximum Gasteiger partial charge on any atom is 0.228 e. The molecule has 0 spiro atoms. The molecule has 0 fully saturated rings. The van der Waals surface area contributed by atoms with Gasteiger partial charge >= 0.3 is 0 Å². The largest absolute Gasteiger partial charge is 0.338 e. The van der Waals surface area contributed by atoms with Crippen molar-refractivity contribution in [2.75, 3.05) is 14.1 Å². The molecule has 0 saturated heterocycles. The molecule has 24 heavy (non-hydrogen) atoms. The van der Waals surface area contributed by atoms with Crippen LogP contribution in [0.2, 0.25) is 0 Å². The number of para-hydroxylation sites is 2. The Labute approximate surface area is 138 Å². The Morgan fingerprint density at radius 3 is 2.58 bits per heavy atom. The summed E-state index contributed by atoms with van der Waals surface area (Å²) >= 11 is 0. The average Bonchev–Trinajstić information content (AvgIpc) is 3.19. The summed E-state index contributed by atoms with van der Waals surface area (Å²) in [5, 5.41) is 10.8. The molecule has 0 atom stereocenters. The first kappa shape index (κ1) is 15.9. The van der Waals surface area contributed by atoms with Crippen LogP contribution in [0.3, 0.4) is 0 Å². The minimum absolute atomic E-state index is 0.636. The van der Waals surface area contributed by atoms with Gasteiger partial charge in [0.1, 0.15) is 11.0 Å². The predicted molar refractivity (Wildman–Crippen MR) is 92.9 cm³/mol. The monoisotopic (exact) mass is 325 g/mol. The fraction of sp³-hybridized carbons (Fsp3) is 0.125. The van der Waals surface area contributed by atoms with Gasteiger partial charge in [0.2, 0.25) is 5.88 Å². The first-order valence-corrected chi connectivity index (χ1v) is 7.37. The number of nitrogens with two attached hydrogens (primary N) is 1. The van der Waals surface area contributed by atoms with Crippen LogP contribution in [0.1, 0.15) is 0 Å². The third-order valence-electron chi connectivity index (χ3n) is 3.27. The first-order valence-electron chi connectivity index (χ1n) is 7.37. The number of hydrazine groups is 2. The average molecular weight is 325 g/mol. The fourth-order valence-electron chi connectivity index (χ4n) is 2.10. The Bertz CT molecular complexity index is 895. The van der Waals surface area contributed by atoms with Crippen molar-refractivity contribution < 1.29 is 4.84 Å². The second-order valence-corrected chi connectivity index (χ2v) is 5.29. The third kappa shape index (κ3) is 3.51. The fourth-order valence-corrected chi connectivity index (χ4v) is 2.10. The van der Waals surface area contributed by atoms with Gasteiger partial charge in [-0.25, -0.2) is 5.01 Å². The molecule has 2 aromatic heterocycles. The van der Waals surface area contributed by atoms with Crippen LogP contribution in [0.15, 0.2) is 54.6 Å². The molecular weight excluding hydrogens is 306 g/mol. The van der Waals surface area contributed by atoms with Crippen LogP contribution in [0, 0.1) is 0 Å². The van der Waals surface area contributed by atoms with Gasteiger partial charge in [-0.05, 0) is 23.4 Å². The van der Waals surface area contributed by atoms with E-state index in [1.54, 1.807) is 5.01 Å². The molecule has 0 aliphatic heterocycles. The standard InChI is InChI=1S/C14H10N4O.C2H9N3/c1-2-6-11-10(5-1)9-14(15-11)19-18-13-8-4-3-7-12(13)16-17-18;1-5(2)4-3/h1-9,15H;4H,3H2,1-2H3. The highest BCUT2D eigenvalue weighted by Gasteiger charge is 2.07. The highest BCUT2D eigenvalue weighted by molar-refractivity contribution is 5.81. The number of hydrogen-bond acceptors (Lipinski definition) is 6. The van der Waals surface area contributed by atoms with E-state index in [2.05, 4.69) is 20.8 Å². The number of benzene rings is 2. The quantitative estimate of drug-likeness (QED) is 0.392. The number of fused-ring (bicyclic) bond motifs is 2. The topological polar surface area (TPSA) is 97.0 Å². The molecule has 0 unspecified atom stereocenters. The van der Waals surface area contributed by atoms with Crippen molar-refractivity contribution >= 4 is 21.9 Å². The maximum atomic E-state index is 5.70. The molecule has 8 nitrogen and oxygen atoms in total. The minimum atomic E-state index is 0.636. The summed E-state index contributed by atoms with van der Waals surface area (Å²) in [6.07, 6.45) is 0. The number of nitrogens with one attached hydrogen (secondary N) is 2. The van der Waals surface area contributed by atoms with Gasteiger partial charge in [-0.15, -0.1) is 5.10 Å². The molecule has 0 aliphatic rings. The Balaban J connectivity index is 0.000000300. The normalized spacial score (nSPS) is 10.8. The zero-order chi connectivity index (χ0) is 16.9. The van der Waals surface area contributed by atoms with Gasteiger partial charge in [-0.2, -0.15) is 5.53 Å². The van der Waals surface area contributed by atoms with Gasteiger partial charge in [0, 0.05) is 31.1 Å². The van der Waals surface area contributed by atoms with Gasteiger partial charge in [0.25, 0.3) is 0 Å². The number of hydrogen-bond donors (Lipinski definition) is 3. The van der Waals surface area contributed by atoms with Crippen LogP contribution in [-0.2, 0) is 0 Å². The summed E-state index contributed by atoms with van der Waals surface area (Å²) < 4.78 is 0. The highest BCUT2D eigenvalue weighted by atomic mass is 16.7. The highest BCUT2D eigenvalue weighted by Crippen LogP contribution is 2.21. The van der Waals surface area contributed by atoms with E-state index >= 15 is 0 Å². The predicted octanol–water partition coefficient (Wildman–Crippen LogP) is 1.68. The zero-order valence-electron chi connectivity index (χ0n) is 13.5. The molecule has 0 aliphatic carbocycles. The SMILES string of the molecule is CN(C)NN.c1ccc2[nH]c(On3nnc4ccccc43)cc2c1. The van der Waals surface area contributed by atoms with Gasteiger partial charge in [0.05, 0.1) is 0 Å². The van der Waals surface area contributed by atoms with E-state index in [9.17, 15) is 0 Å². The second kappa shape index (κ2) is 7.09. The molecule has 4 rings (SSSR count). The van der Waals surface area contributed by atoms with Crippen molar-refractivity contribution in [1.82, 2.24) is 30.7 Å². The summed E-state index contributed by atoms with van der Waals surface area (Å²) in [6.45, 7) is 0. The van der Waals surface area contributed by atoms with E-state index in [0.29, 0.717) is 5.88 Å². The van der Waals surface area contributed by atoms with Crippen LogP contribution in [0.4, 0.5) is 0 Å². The summed E-state index contributed by atoms with van der Waals surface area (Å²) in [4.78, 5) is 10.3. The van der Waals surface area contributed by atoms with Gasteiger partial charge < -0.3 is 9.82 Å². The smallest absolute Gasteiger partial charge is 0.228 e. The van der Waals surface area contributed by atoms with E-state index in [4.69, 9.17) is 10.7 Å². The van der Waals surface area contributed by atoms with Crippen molar-refractivity contribution in [3.05, 3.63) is 54.6 Å². The lowest BCUT2D eigenvalue weighted by atomic mass is 10.3. The van der Waals surface area contributed by atoms with Crippen LogP contribution in [-0.4, -0.2) is 39.2 Å². The zero-order valence-corrected chi connectivity index (χ0v) is 13.5. The number of rotatable bonds is 3. The maximum absolute atomic E-state index is 5.70. The Kier molecular flexibility index (Phi) is 4.71. The molecule has 0 amide bonds. The number of H-pyrrole nitrogens is 1. The van der Waals surface area contributed by atoms with E-state index < -0.39 is 0 Å². The van der Waals surface area contributed by atoms with Gasteiger partial charge in [-0.3, -0.25) is 5.84 Å². The van der Waals surface area contributed by atoms with Gasteiger partial charge in [0.15, 0.2) is 0 Å². The van der Waals surface area contributed by atoms with Gasteiger partial charge in [-0.1, -0.05) is 35.2 Å². The molecule has 4 N–H and O–H groups in total. The molecule has 2 aromatic carbocycles. The third-order valence-corrected chi connectivity index (χ3v) is 3.27. The molecule has 2 heterocycles. The summed E-state index contributed by atoms with van der Waals surface area (Å²) in [5.74, 6) is 5.48. The minimum Gasteiger partial charge on any atom is -0.338 e. The molecule has 4 aromatic rings. The van der Waals surface area contributed by atoms with Crippen LogP contribution < -0.4 is 16.2 Å². The van der Waals surface area contributed by atoms with E-state index in [0.717, 1.165) is 21.9 Å². The van der Waals surface area contributed by atoms with Crippen molar-refractivity contribution in [2.45, 2.75) is 0 Å². The van der Waals surface area contributed by atoms with Crippen molar-refractivity contribution in [3.8, 4) is 5.88 Å². The molecule has 124 valence electrons. The molecular formula is C16H19N7O.